The van der Waals surface area contributed by atoms with Crippen LogP contribution in [0.5, 0.6) is 0 Å². The number of fused-ring (bicyclic) bond motifs is 3. The lowest BCUT2D eigenvalue weighted by molar-refractivity contribution is -0.210. The molecule has 4 heteroatoms. The first-order valence-corrected chi connectivity index (χ1v) is 6.00. The highest BCUT2D eigenvalue weighted by molar-refractivity contribution is 5.95. The molecule has 2 heterocycles. The normalized spacial score (nSPS) is 39.1. The van der Waals surface area contributed by atoms with Gasteiger partial charge in [0.2, 0.25) is 5.91 Å². The van der Waals surface area contributed by atoms with Crippen molar-refractivity contribution < 1.29 is 14.3 Å². The van der Waals surface area contributed by atoms with Crippen molar-refractivity contribution in [2.75, 3.05) is 13.2 Å². The van der Waals surface area contributed by atoms with Crippen LogP contribution in [0.4, 0.5) is 0 Å². The van der Waals surface area contributed by atoms with Gasteiger partial charge in [-0.25, -0.2) is 0 Å². The van der Waals surface area contributed by atoms with E-state index in [2.05, 4.69) is 5.32 Å². The summed E-state index contributed by atoms with van der Waals surface area (Å²) < 4.78 is 11.6. The van der Waals surface area contributed by atoms with Gasteiger partial charge in [0.1, 0.15) is 0 Å². The number of ether oxygens (including phenoxy) is 2. The summed E-state index contributed by atoms with van der Waals surface area (Å²) in [6.45, 7) is 3.21. The maximum absolute atomic E-state index is 11.9. The van der Waals surface area contributed by atoms with Gasteiger partial charge in [-0.15, -0.1) is 0 Å². The fourth-order valence-corrected chi connectivity index (χ4v) is 3.20. The number of hydrogen-bond acceptors (Lipinski definition) is 3. The van der Waals surface area contributed by atoms with Gasteiger partial charge in [0.25, 0.3) is 0 Å². The van der Waals surface area contributed by atoms with Crippen LogP contribution in [0.2, 0.25) is 0 Å². The minimum absolute atomic E-state index is 0.0573. The van der Waals surface area contributed by atoms with Crippen LogP contribution < -0.4 is 5.32 Å². The molecule has 1 spiro atoms. The second kappa shape index (κ2) is 3.57. The molecule has 1 amide bonds. The molecule has 0 unspecified atom stereocenters. The van der Waals surface area contributed by atoms with Crippen LogP contribution in [0.25, 0.3) is 0 Å². The summed E-state index contributed by atoms with van der Waals surface area (Å²) in [5.74, 6) is -0.328. The number of nitrogens with one attached hydrogen (secondary N) is 1. The Kier molecular flexibility index (Phi) is 2.30. The Bertz CT molecular complexity index is 344. The van der Waals surface area contributed by atoms with Gasteiger partial charge in [-0.2, -0.15) is 0 Å². The summed E-state index contributed by atoms with van der Waals surface area (Å²) in [5, 5.41) is 3.04. The number of rotatable bonds is 0. The van der Waals surface area contributed by atoms with Crippen LogP contribution in [0.1, 0.15) is 26.2 Å². The summed E-state index contributed by atoms with van der Waals surface area (Å²) >= 11 is 0. The van der Waals surface area contributed by atoms with Crippen LogP contribution in [0, 0.1) is 5.92 Å². The molecule has 2 bridgehead atoms. The quantitative estimate of drug-likeness (QED) is 0.623. The second-order valence-corrected chi connectivity index (χ2v) is 4.75. The standard InChI is InChI=1S/C12H17NO3/c1-2-9-10-7-8(13-11(9)14)3-4-12(10)15-5-6-16-12/h2,8,10H,3-7H2,1H3,(H,13,14)/b9-2+/t8-,10+/m1/s1. The largest absolute Gasteiger partial charge is 0.350 e. The number of allylic oxidation sites excluding steroid dienone is 1. The minimum atomic E-state index is -0.504. The SMILES string of the molecule is C/C=C1/C(=O)N[C@@H]2CCC3(OCCO3)[C@H]1C2. The molecule has 3 aliphatic rings. The lowest BCUT2D eigenvalue weighted by Crippen LogP contribution is -2.56. The van der Waals surface area contributed by atoms with Gasteiger partial charge in [-0.1, -0.05) is 6.08 Å². The zero-order chi connectivity index (χ0) is 11.2. The van der Waals surface area contributed by atoms with Crippen molar-refractivity contribution in [3.63, 3.8) is 0 Å². The zero-order valence-electron chi connectivity index (χ0n) is 9.49. The van der Waals surface area contributed by atoms with Crippen LogP contribution in [0.15, 0.2) is 11.6 Å². The second-order valence-electron chi connectivity index (χ2n) is 4.75. The Morgan fingerprint density at radius 2 is 2.19 bits per heavy atom. The van der Waals surface area contributed by atoms with Crippen molar-refractivity contribution in [1.82, 2.24) is 5.32 Å². The Hall–Kier alpha value is -0.870. The van der Waals surface area contributed by atoms with E-state index in [0.29, 0.717) is 19.3 Å². The molecule has 1 saturated carbocycles. The first-order valence-electron chi connectivity index (χ1n) is 6.00. The van der Waals surface area contributed by atoms with E-state index in [1.54, 1.807) is 0 Å². The maximum Gasteiger partial charge on any atom is 0.247 e. The lowest BCUT2D eigenvalue weighted by atomic mass is 9.73. The third kappa shape index (κ3) is 1.33. The molecule has 0 aromatic rings. The number of carbonyl (C=O) groups is 1. The molecule has 3 rings (SSSR count). The predicted molar refractivity (Wildman–Crippen MR) is 57.7 cm³/mol. The Labute approximate surface area is 95.0 Å². The summed E-state index contributed by atoms with van der Waals surface area (Å²) in [6, 6.07) is 0.305. The molecule has 16 heavy (non-hydrogen) atoms. The highest BCUT2D eigenvalue weighted by Crippen LogP contribution is 2.46. The molecular weight excluding hydrogens is 206 g/mol. The van der Waals surface area contributed by atoms with E-state index in [4.69, 9.17) is 9.47 Å². The number of carbonyl (C=O) groups excluding carboxylic acids is 1. The van der Waals surface area contributed by atoms with Crippen molar-refractivity contribution in [2.45, 2.75) is 38.0 Å². The summed E-state index contributed by atoms with van der Waals surface area (Å²) in [6.07, 6.45) is 4.69. The summed E-state index contributed by atoms with van der Waals surface area (Å²) in [7, 11) is 0. The van der Waals surface area contributed by atoms with Crippen molar-refractivity contribution in [3.05, 3.63) is 11.6 Å². The van der Waals surface area contributed by atoms with Crippen LogP contribution >= 0.6 is 0 Å². The van der Waals surface area contributed by atoms with Gasteiger partial charge in [0, 0.05) is 24.0 Å². The molecule has 2 saturated heterocycles. The van der Waals surface area contributed by atoms with Gasteiger partial charge in [-0.3, -0.25) is 4.79 Å². The van der Waals surface area contributed by atoms with E-state index in [1.165, 1.54) is 0 Å². The lowest BCUT2D eigenvalue weighted by Gasteiger charge is -2.46. The van der Waals surface area contributed by atoms with Crippen LogP contribution in [-0.2, 0) is 14.3 Å². The van der Waals surface area contributed by atoms with Crippen LogP contribution in [0.3, 0.4) is 0 Å². The number of hydrogen-bond donors (Lipinski definition) is 1. The molecule has 88 valence electrons. The van der Waals surface area contributed by atoms with Gasteiger partial charge < -0.3 is 14.8 Å². The van der Waals surface area contributed by atoms with Crippen LogP contribution in [-0.4, -0.2) is 30.9 Å². The van der Waals surface area contributed by atoms with E-state index < -0.39 is 5.79 Å². The zero-order valence-corrected chi connectivity index (χ0v) is 9.49. The van der Waals surface area contributed by atoms with Crippen molar-refractivity contribution in [3.8, 4) is 0 Å². The molecular formula is C12H17NO3. The molecule has 2 aliphatic heterocycles. The van der Waals surface area contributed by atoms with Gasteiger partial charge in [0.05, 0.1) is 13.2 Å². The minimum Gasteiger partial charge on any atom is -0.350 e. The average Bonchev–Trinajstić information content (AvgIpc) is 2.74. The highest BCUT2D eigenvalue weighted by atomic mass is 16.7. The molecule has 3 fully saturated rings. The van der Waals surface area contributed by atoms with E-state index in [0.717, 1.165) is 24.8 Å². The molecule has 0 radical (unpaired) electrons. The monoisotopic (exact) mass is 223 g/mol. The molecule has 2 atom stereocenters. The Morgan fingerprint density at radius 3 is 2.88 bits per heavy atom. The van der Waals surface area contributed by atoms with E-state index in [1.807, 2.05) is 13.0 Å². The fourth-order valence-electron chi connectivity index (χ4n) is 3.20. The summed E-state index contributed by atoms with van der Waals surface area (Å²) in [4.78, 5) is 11.9. The highest BCUT2D eigenvalue weighted by Gasteiger charge is 2.53. The number of amides is 1. The van der Waals surface area contributed by atoms with E-state index in [-0.39, 0.29) is 11.8 Å². The van der Waals surface area contributed by atoms with Gasteiger partial charge in [0.15, 0.2) is 5.79 Å². The molecule has 4 nitrogen and oxygen atoms in total. The first kappa shape index (κ1) is 10.3. The van der Waals surface area contributed by atoms with Crippen molar-refractivity contribution in [2.24, 2.45) is 5.92 Å². The predicted octanol–water partition coefficient (Wildman–Crippen LogP) is 0.974. The van der Waals surface area contributed by atoms with Gasteiger partial charge >= 0.3 is 0 Å². The van der Waals surface area contributed by atoms with Gasteiger partial charge in [-0.05, 0) is 19.8 Å². The third-order valence-corrected chi connectivity index (χ3v) is 3.95. The van der Waals surface area contributed by atoms with E-state index >= 15 is 0 Å². The molecule has 1 aliphatic carbocycles. The summed E-state index contributed by atoms with van der Waals surface area (Å²) in [5.41, 5.74) is 0.831. The Balaban J connectivity index is 1.96. The van der Waals surface area contributed by atoms with Crippen molar-refractivity contribution >= 4 is 5.91 Å². The molecule has 1 N–H and O–H groups in total. The van der Waals surface area contributed by atoms with Crippen molar-refractivity contribution in [1.29, 1.82) is 0 Å². The molecule has 0 aromatic carbocycles. The third-order valence-electron chi connectivity index (χ3n) is 3.95. The number of piperidine rings is 1. The fraction of sp³-hybridized carbons (Fsp3) is 0.750. The Morgan fingerprint density at radius 1 is 1.44 bits per heavy atom. The molecule has 0 aromatic heterocycles. The topological polar surface area (TPSA) is 47.6 Å². The average molecular weight is 223 g/mol. The smallest absolute Gasteiger partial charge is 0.247 e. The first-order chi connectivity index (χ1) is 7.75. The van der Waals surface area contributed by atoms with E-state index in [9.17, 15) is 4.79 Å². The maximum atomic E-state index is 11.9.